The summed E-state index contributed by atoms with van der Waals surface area (Å²) in [7, 11) is 1.94. The van der Waals surface area contributed by atoms with E-state index in [1.165, 1.54) is 0 Å². The molecule has 138 valence electrons. The molecule has 0 aliphatic heterocycles. The summed E-state index contributed by atoms with van der Waals surface area (Å²) in [6, 6.07) is 21.3. The molecular weight excluding hydrogens is 348 g/mol. The van der Waals surface area contributed by atoms with Crippen molar-refractivity contribution in [3.05, 3.63) is 90.4 Å². The maximum Gasteiger partial charge on any atom is 0.257 e. The Hall–Kier alpha value is -3.73. The Bertz CT molecular complexity index is 1130. The average molecular weight is 368 g/mol. The number of nitrogens with one attached hydrogen (secondary N) is 1. The summed E-state index contributed by atoms with van der Waals surface area (Å²) in [6.45, 7) is 1.85. The number of carbonyl (C=O) groups excluding carboxylic acids is 1. The van der Waals surface area contributed by atoms with Crippen molar-refractivity contribution in [2.45, 2.75) is 6.92 Å². The molecule has 2 aromatic heterocycles. The quantitative estimate of drug-likeness (QED) is 0.567. The average Bonchev–Trinajstić information content (AvgIpc) is 3.14. The Morgan fingerprint density at radius 2 is 1.75 bits per heavy atom. The number of aryl methyl sites for hydroxylation is 2. The number of benzene rings is 2. The molecule has 0 aliphatic carbocycles. The maximum atomic E-state index is 12.8. The fourth-order valence-electron chi connectivity index (χ4n) is 3.15. The van der Waals surface area contributed by atoms with Crippen molar-refractivity contribution in [3.8, 4) is 22.6 Å². The molecule has 4 aromatic rings. The van der Waals surface area contributed by atoms with Crippen molar-refractivity contribution >= 4 is 11.6 Å². The van der Waals surface area contributed by atoms with Crippen LogP contribution in [0.5, 0.6) is 0 Å². The highest BCUT2D eigenvalue weighted by atomic mass is 16.1. The van der Waals surface area contributed by atoms with Gasteiger partial charge in [-0.2, -0.15) is 0 Å². The molecule has 2 aromatic carbocycles. The minimum absolute atomic E-state index is 0.179. The molecular formula is C23H20N4O. The molecule has 5 nitrogen and oxygen atoms in total. The molecule has 0 aliphatic rings. The number of rotatable bonds is 4. The lowest BCUT2D eigenvalue weighted by molar-refractivity contribution is 0.102. The smallest absolute Gasteiger partial charge is 0.257 e. The lowest BCUT2D eigenvalue weighted by Gasteiger charge is -2.10. The number of hydrogen-bond donors (Lipinski definition) is 1. The molecule has 0 bridgehead atoms. The van der Waals surface area contributed by atoms with Gasteiger partial charge in [-0.3, -0.25) is 9.78 Å². The highest BCUT2D eigenvalue weighted by Crippen LogP contribution is 2.22. The Labute approximate surface area is 163 Å². The van der Waals surface area contributed by atoms with Crippen LogP contribution >= 0.6 is 0 Å². The van der Waals surface area contributed by atoms with Crippen LogP contribution in [-0.4, -0.2) is 20.4 Å². The molecule has 0 atom stereocenters. The van der Waals surface area contributed by atoms with Crippen molar-refractivity contribution in [2.24, 2.45) is 7.05 Å². The van der Waals surface area contributed by atoms with Gasteiger partial charge >= 0.3 is 0 Å². The first-order valence-corrected chi connectivity index (χ1v) is 9.04. The van der Waals surface area contributed by atoms with Gasteiger partial charge in [-0.25, -0.2) is 4.98 Å². The first kappa shape index (κ1) is 17.7. The second kappa shape index (κ2) is 7.48. The standard InChI is InChI=1S/C23H20N4O/c1-16-20(11-12-21(25-16)17-7-4-3-5-8-17)23(28)26-19-10-6-9-18(15-19)22-24-13-14-27(22)2/h3-15H,1-2H3,(H,26,28). The molecule has 0 fully saturated rings. The predicted molar refractivity (Wildman–Crippen MR) is 111 cm³/mol. The molecule has 0 spiro atoms. The van der Waals surface area contributed by atoms with Gasteiger partial charge in [0, 0.05) is 36.3 Å². The fraction of sp³-hybridized carbons (Fsp3) is 0.0870. The van der Waals surface area contributed by atoms with E-state index in [1.807, 2.05) is 91.5 Å². The zero-order valence-corrected chi connectivity index (χ0v) is 15.8. The van der Waals surface area contributed by atoms with E-state index in [0.717, 1.165) is 28.3 Å². The molecule has 0 unspecified atom stereocenters. The summed E-state index contributed by atoms with van der Waals surface area (Å²) in [5.41, 5.74) is 4.80. The third-order valence-corrected chi connectivity index (χ3v) is 4.60. The van der Waals surface area contributed by atoms with Crippen LogP contribution in [0.2, 0.25) is 0 Å². The van der Waals surface area contributed by atoms with E-state index in [0.29, 0.717) is 11.3 Å². The SMILES string of the molecule is Cc1nc(-c2ccccc2)ccc1C(=O)Nc1cccc(-c2nccn2C)c1. The summed E-state index contributed by atoms with van der Waals surface area (Å²) >= 11 is 0. The lowest BCUT2D eigenvalue weighted by Crippen LogP contribution is -2.14. The topological polar surface area (TPSA) is 59.8 Å². The highest BCUT2D eigenvalue weighted by Gasteiger charge is 2.13. The van der Waals surface area contributed by atoms with E-state index in [1.54, 1.807) is 6.20 Å². The zero-order chi connectivity index (χ0) is 19.5. The van der Waals surface area contributed by atoms with E-state index < -0.39 is 0 Å². The zero-order valence-electron chi connectivity index (χ0n) is 15.8. The van der Waals surface area contributed by atoms with Crippen LogP contribution in [0.15, 0.2) is 79.1 Å². The van der Waals surface area contributed by atoms with Crippen molar-refractivity contribution in [1.82, 2.24) is 14.5 Å². The van der Waals surface area contributed by atoms with Crippen LogP contribution in [0, 0.1) is 6.92 Å². The first-order chi connectivity index (χ1) is 13.6. The molecule has 28 heavy (non-hydrogen) atoms. The number of aromatic nitrogens is 3. The number of amides is 1. The molecule has 4 rings (SSSR count). The number of carbonyl (C=O) groups is 1. The van der Waals surface area contributed by atoms with Gasteiger partial charge < -0.3 is 9.88 Å². The fourth-order valence-corrected chi connectivity index (χ4v) is 3.15. The van der Waals surface area contributed by atoms with E-state index in [-0.39, 0.29) is 5.91 Å². The summed E-state index contributed by atoms with van der Waals surface area (Å²) < 4.78 is 1.94. The van der Waals surface area contributed by atoms with Crippen LogP contribution in [0.1, 0.15) is 16.1 Å². The van der Waals surface area contributed by atoms with E-state index >= 15 is 0 Å². The molecule has 2 heterocycles. The Kier molecular flexibility index (Phi) is 4.72. The van der Waals surface area contributed by atoms with Gasteiger partial charge in [0.25, 0.3) is 5.91 Å². The van der Waals surface area contributed by atoms with Gasteiger partial charge in [-0.1, -0.05) is 42.5 Å². The van der Waals surface area contributed by atoms with E-state index in [4.69, 9.17) is 0 Å². The van der Waals surface area contributed by atoms with Gasteiger partial charge in [0.2, 0.25) is 0 Å². The molecule has 5 heteroatoms. The minimum atomic E-state index is -0.179. The van der Waals surface area contributed by atoms with Crippen molar-refractivity contribution < 1.29 is 4.79 Å². The summed E-state index contributed by atoms with van der Waals surface area (Å²) in [5.74, 6) is 0.669. The van der Waals surface area contributed by atoms with E-state index in [9.17, 15) is 4.79 Å². The Balaban J connectivity index is 1.57. The highest BCUT2D eigenvalue weighted by molar-refractivity contribution is 6.05. The van der Waals surface area contributed by atoms with Crippen LogP contribution < -0.4 is 5.32 Å². The minimum Gasteiger partial charge on any atom is -0.334 e. The normalized spacial score (nSPS) is 10.6. The van der Waals surface area contributed by atoms with Crippen LogP contribution in [0.4, 0.5) is 5.69 Å². The van der Waals surface area contributed by atoms with Gasteiger partial charge in [-0.05, 0) is 31.2 Å². The number of hydrogen-bond acceptors (Lipinski definition) is 3. The summed E-state index contributed by atoms with van der Waals surface area (Å²) in [4.78, 5) is 21.7. The number of imidazole rings is 1. The van der Waals surface area contributed by atoms with Crippen molar-refractivity contribution in [3.63, 3.8) is 0 Å². The van der Waals surface area contributed by atoms with Gasteiger partial charge in [0.15, 0.2) is 0 Å². The van der Waals surface area contributed by atoms with E-state index in [2.05, 4.69) is 15.3 Å². The molecule has 1 N–H and O–H groups in total. The Morgan fingerprint density at radius 1 is 0.964 bits per heavy atom. The molecule has 0 radical (unpaired) electrons. The van der Waals surface area contributed by atoms with Gasteiger partial charge in [0.05, 0.1) is 17.0 Å². The molecule has 1 amide bonds. The first-order valence-electron chi connectivity index (χ1n) is 9.04. The van der Waals surface area contributed by atoms with Crippen LogP contribution in [-0.2, 0) is 7.05 Å². The molecule has 0 saturated heterocycles. The predicted octanol–water partition coefficient (Wildman–Crippen LogP) is 4.71. The third-order valence-electron chi connectivity index (χ3n) is 4.60. The third kappa shape index (κ3) is 3.55. The van der Waals surface area contributed by atoms with Gasteiger partial charge in [-0.15, -0.1) is 0 Å². The summed E-state index contributed by atoms with van der Waals surface area (Å²) in [6.07, 6.45) is 3.65. The second-order valence-electron chi connectivity index (χ2n) is 6.59. The number of nitrogens with zero attached hydrogens (tertiary/aromatic N) is 3. The number of anilines is 1. The lowest BCUT2D eigenvalue weighted by atomic mass is 10.1. The summed E-state index contributed by atoms with van der Waals surface area (Å²) in [5, 5.41) is 2.96. The van der Waals surface area contributed by atoms with Crippen molar-refractivity contribution in [2.75, 3.05) is 5.32 Å². The monoisotopic (exact) mass is 368 g/mol. The molecule has 0 saturated carbocycles. The van der Waals surface area contributed by atoms with Crippen molar-refractivity contribution in [1.29, 1.82) is 0 Å². The van der Waals surface area contributed by atoms with Crippen LogP contribution in [0.25, 0.3) is 22.6 Å². The van der Waals surface area contributed by atoms with Gasteiger partial charge in [0.1, 0.15) is 5.82 Å². The number of pyridine rings is 1. The largest absolute Gasteiger partial charge is 0.334 e. The maximum absolute atomic E-state index is 12.8. The second-order valence-corrected chi connectivity index (χ2v) is 6.59. The Morgan fingerprint density at radius 3 is 2.46 bits per heavy atom. The van der Waals surface area contributed by atoms with Crippen LogP contribution in [0.3, 0.4) is 0 Å².